The van der Waals surface area contributed by atoms with Crippen molar-refractivity contribution in [3.8, 4) is 0 Å². The molecule has 2 N–H and O–H groups in total. The van der Waals surface area contributed by atoms with E-state index in [9.17, 15) is 9.90 Å². The molecule has 0 heterocycles. The zero-order valence-electron chi connectivity index (χ0n) is 13.2. The van der Waals surface area contributed by atoms with Gasteiger partial charge in [-0.2, -0.15) is 0 Å². The summed E-state index contributed by atoms with van der Waals surface area (Å²) >= 11 is 0. The molecule has 2 rings (SSSR count). The predicted molar refractivity (Wildman–Crippen MR) is 84.0 cm³/mol. The van der Waals surface area contributed by atoms with Crippen LogP contribution in [0.4, 0.5) is 0 Å². The lowest BCUT2D eigenvalue weighted by Gasteiger charge is -2.32. The molecule has 1 saturated carbocycles. The van der Waals surface area contributed by atoms with E-state index in [0.29, 0.717) is 0 Å². The maximum atomic E-state index is 12.8. The van der Waals surface area contributed by atoms with Crippen molar-refractivity contribution in [3.05, 3.63) is 35.4 Å². The summed E-state index contributed by atoms with van der Waals surface area (Å²) in [5.74, 6) is -0.0263. The van der Waals surface area contributed by atoms with Gasteiger partial charge in [-0.25, -0.2) is 0 Å². The SMILES string of the molecule is Cc1cccc(C(C(=O)NC2(CO)CCCC2)N(C)C)c1. The van der Waals surface area contributed by atoms with Crippen molar-refractivity contribution in [2.24, 2.45) is 0 Å². The van der Waals surface area contributed by atoms with E-state index in [4.69, 9.17) is 0 Å². The van der Waals surface area contributed by atoms with Gasteiger partial charge in [-0.15, -0.1) is 0 Å². The number of aliphatic hydroxyl groups excluding tert-OH is 1. The number of aliphatic hydroxyl groups is 1. The standard InChI is InChI=1S/C17H26N2O2/c1-13-7-6-8-14(11-13)15(19(2)3)16(21)18-17(12-20)9-4-5-10-17/h6-8,11,15,20H,4-5,9-10,12H2,1-3H3,(H,18,21). The minimum absolute atomic E-state index is 0.0205. The largest absolute Gasteiger partial charge is 0.394 e. The highest BCUT2D eigenvalue weighted by molar-refractivity contribution is 5.84. The first-order valence-corrected chi connectivity index (χ1v) is 7.63. The van der Waals surface area contributed by atoms with Gasteiger partial charge in [0, 0.05) is 0 Å². The van der Waals surface area contributed by atoms with Crippen molar-refractivity contribution in [1.82, 2.24) is 10.2 Å². The van der Waals surface area contributed by atoms with E-state index in [1.807, 2.05) is 50.2 Å². The highest BCUT2D eigenvalue weighted by atomic mass is 16.3. The fraction of sp³-hybridized carbons (Fsp3) is 0.588. The Hall–Kier alpha value is -1.39. The molecule has 0 aromatic heterocycles. The molecule has 21 heavy (non-hydrogen) atoms. The van der Waals surface area contributed by atoms with Gasteiger partial charge in [-0.05, 0) is 39.4 Å². The van der Waals surface area contributed by atoms with E-state index in [1.165, 1.54) is 0 Å². The number of carbonyl (C=O) groups excluding carboxylic acids is 1. The molecule has 1 fully saturated rings. The van der Waals surface area contributed by atoms with Crippen LogP contribution < -0.4 is 5.32 Å². The van der Waals surface area contributed by atoms with Gasteiger partial charge in [-0.3, -0.25) is 9.69 Å². The van der Waals surface area contributed by atoms with Crippen LogP contribution in [0.15, 0.2) is 24.3 Å². The lowest BCUT2D eigenvalue weighted by atomic mass is 9.96. The van der Waals surface area contributed by atoms with E-state index in [-0.39, 0.29) is 18.6 Å². The third-order valence-corrected chi connectivity index (χ3v) is 4.37. The number of hydrogen-bond donors (Lipinski definition) is 2. The Morgan fingerprint density at radius 3 is 2.57 bits per heavy atom. The predicted octanol–water partition coefficient (Wildman–Crippen LogP) is 2.02. The minimum atomic E-state index is -0.421. The molecular formula is C17H26N2O2. The lowest BCUT2D eigenvalue weighted by Crippen LogP contribution is -2.52. The molecule has 1 unspecified atom stereocenters. The smallest absolute Gasteiger partial charge is 0.242 e. The number of amides is 1. The van der Waals surface area contributed by atoms with Crippen LogP contribution >= 0.6 is 0 Å². The van der Waals surface area contributed by atoms with Crippen LogP contribution in [0.25, 0.3) is 0 Å². The number of nitrogens with zero attached hydrogens (tertiary/aromatic N) is 1. The molecule has 0 bridgehead atoms. The van der Waals surface area contributed by atoms with Gasteiger partial charge in [0.2, 0.25) is 5.91 Å². The van der Waals surface area contributed by atoms with E-state index < -0.39 is 5.54 Å². The molecule has 1 aromatic rings. The van der Waals surface area contributed by atoms with Crippen molar-refractivity contribution in [2.75, 3.05) is 20.7 Å². The van der Waals surface area contributed by atoms with Crippen molar-refractivity contribution in [2.45, 2.75) is 44.2 Å². The summed E-state index contributed by atoms with van der Waals surface area (Å²) < 4.78 is 0. The molecule has 0 spiro atoms. The Bertz CT molecular complexity index is 493. The number of benzene rings is 1. The quantitative estimate of drug-likeness (QED) is 0.872. The van der Waals surface area contributed by atoms with Gasteiger partial charge >= 0.3 is 0 Å². The Kier molecular flexibility index (Phi) is 5.01. The second-order valence-electron chi connectivity index (χ2n) is 6.42. The van der Waals surface area contributed by atoms with Gasteiger partial charge < -0.3 is 10.4 Å². The summed E-state index contributed by atoms with van der Waals surface area (Å²) in [7, 11) is 3.82. The van der Waals surface area contributed by atoms with Crippen molar-refractivity contribution < 1.29 is 9.90 Å². The topological polar surface area (TPSA) is 52.6 Å². The second-order valence-corrected chi connectivity index (χ2v) is 6.42. The number of carbonyl (C=O) groups is 1. The number of rotatable bonds is 5. The molecule has 4 heteroatoms. The molecule has 1 aliphatic carbocycles. The number of hydrogen-bond acceptors (Lipinski definition) is 3. The van der Waals surface area contributed by atoms with Gasteiger partial charge in [0.25, 0.3) is 0 Å². The summed E-state index contributed by atoms with van der Waals surface area (Å²) in [5.41, 5.74) is 1.71. The zero-order valence-corrected chi connectivity index (χ0v) is 13.2. The summed E-state index contributed by atoms with van der Waals surface area (Å²) in [6, 6.07) is 7.71. The highest BCUT2D eigenvalue weighted by Crippen LogP contribution is 2.30. The van der Waals surface area contributed by atoms with E-state index in [2.05, 4.69) is 5.32 Å². The molecular weight excluding hydrogens is 264 g/mol. The van der Waals surface area contributed by atoms with Crippen molar-refractivity contribution >= 4 is 5.91 Å². The normalized spacial score (nSPS) is 18.7. The van der Waals surface area contributed by atoms with Crippen molar-refractivity contribution in [3.63, 3.8) is 0 Å². The Balaban J connectivity index is 2.20. The minimum Gasteiger partial charge on any atom is -0.394 e. The van der Waals surface area contributed by atoms with Crippen molar-refractivity contribution in [1.29, 1.82) is 0 Å². The first kappa shape index (κ1) is 16.0. The molecule has 0 radical (unpaired) electrons. The fourth-order valence-corrected chi connectivity index (χ4v) is 3.23. The summed E-state index contributed by atoms with van der Waals surface area (Å²) in [5, 5.41) is 12.8. The van der Waals surface area contributed by atoms with Crippen LogP contribution in [0.2, 0.25) is 0 Å². The summed E-state index contributed by atoms with van der Waals surface area (Å²) in [4.78, 5) is 14.7. The Morgan fingerprint density at radius 2 is 2.05 bits per heavy atom. The van der Waals surface area contributed by atoms with Gasteiger partial charge in [-0.1, -0.05) is 42.7 Å². The van der Waals surface area contributed by atoms with Gasteiger partial charge in [0.1, 0.15) is 6.04 Å². The molecule has 1 aliphatic rings. The van der Waals surface area contributed by atoms with Gasteiger partial charge in [0.05, 0.1) is 12.1 Å². The van der Waals surface area contributed by atoms with Crippen LogP contribution in [0, 0.1) is 6.92 Å². The average Bonchev–Trinajstić information content (AvgIpc) is 2.87. The summed E-state index contributed by atoms with van der Waals surface area (Å²) in [6.07, 6.45) is 3.86. The maximum absolute atomic E-state index is 12.8. The molecule has 4 nitrogen and oxygen atoms in total. The first-order chi connectivity index (χ1) is 9.97. The molecule has 1 atom stereocenters. The lowest BCUT2D eigenvalue weighted by molar-refractivity contribution is -0.128. The second kappa shape index (κ2) is 6.58. The monoisotopic (exact) mass is 290 g/mol. The van der Waals surface area contributed by atoms with E-state index in [1.54, 1.807) is 0 Å². The fourth-order valence-electron chi connectivity index (χ4n) is 3.23. The van der Waals surface area contributed by atoms with Crippen LogP contribution in [0.5, 0.6) is 0 Å². The number of likely N-dealkylation sites (N-methyl/N-ethyl adjacent to an activating group) is 1. The third kappa shape index (κ3) is 3.63. The molecule has 0 saturated heterocycles. The van der Waals surface area contributed by atoms with E-state index in [0.717, 1.165) is 36.8 Å². The first-order valence-electron chi connectivity index (χ1n) is 7.63. The third-order valence-electron chi connectivity index (χ3n) is 4.37. The summed E-state index contributed by atoms with van der Waals surface area (Å²) in [6.45, 7) is 2.05. The molecule has 1 amide bonds. The highest BCUT2D eigenvalue weighted by Gasteiger charge is 2.37. The van der Waals surface area contributed by atoms with E-state index >= 15 is 0 Å². The van der Waals surface area contributed by atoms with Crippen LogP contribution in [-0.4, -0.2) is 42.2 Å². The average molecular weight is 290 g/mol. The number of nitrogens with one attached hydrogen (secondary N) is 1. The van der Waals surface area contributed by atoms with Crippen LogP contribution in [0.3, 0.4) is 0 Å². The maximum Gasteiger partial charge on any atom is 0.242 e. The zero-order chi connectivity index (χ0) is 15.5. The Labute approximate surface area is 127 Å². The number of aryl methyl sites for hydroxylation is 1. The van der Waals surface area contributed by atoms with Crippen LogP contribution in [-0.2, 0) is 4.79 Å². The van der Waals surface area contributed by atoms with Crippen LogP contribution in [0.1, 0.15) is 42.9 Å². The van der Waals surface area contributed by atoms with Gasteiger partial charge in [0.15, 0.2) is 0 Å². The molecule has 1 aromatic carbocycles. The molecule has 116 valence electrons. The Morgan fingerprint density at radius 1 is 1.38 bits per heavy atom. The molecule has 0 aliphatic heterocycles.